The van der Waals surface area contributed by atoms with Crippen LogP contribution in [0.4, 0.5) is 0 Å². The van der Waals surface area contributed by atoms with E-state index in [4.69, 9.17) is 0 Å². The highest BCUT2D eigenvalue weighted by Crippen LogP contribution is 2.50. The molecule has 0 aromatic rings. The Hall–Kier alpha value is -0.920. The average molecular weight is 220 g/mol. The number of carbonyl (C=O) groups excluding carboxylic acids is 2. The lowest BCUT2D eigenvalue weighted by Gasteiger charge is -2.32. The molecule has 0 aliphatic heterocycles. The van der Waals surface area contributed by atoms with Crippen LogP contribution in [0.25, 0.3) is 0 Å². The van der Waals surface area contributed by atoms with Gasteiger partial charge in [-0.05, 0) is 30.3 Å². The van der Waals surface area contributed by atoms with Gasteiger partial charge in [0.15, 0.2) is 5.78 Å². The maximum absolute atomic E-state index is 12.1. The zero-order valence-electron chi connectivity index (χ0n) is 10.4. The van der Waals surface area contributed by atoms with E-state index in [-0.39, 0.29) is 17.1 Å². The summed E-state index contributed by atoms with van der Waals surface area (Å²) in [5.74, 6) is 0.624. The van der Waals surface area contributed by atoms with Crippen LogP contribution in [-0.2, 0) is 9.59 Å². The van der Waals surface area contributed by atoms with Crippen LogP contribution in [0.5, 0.6) is 0 Å². The van der Waals surface area contributed by atoms with E-state index < -0.39 is 0 Å². The van der Waals surface area contributed by atoms with Crippen LogP contribution in [-0.4, -0.2) is 11.6 Å². The fourth-order valence-electron chi connectivity index (χ4n) is 2.98. The minimum Gasteiger partial charge on any atom is -0.299 e. The maximum atomic E-state index is 12.1. The fraction of sp³-hybridized carbons (Fsp3) is 0.714. The molecule has 0 radical (unpaired) electrons. The van der Waals surface area contributed by atoms with Crippen LogP contribution in [0, 0.1) is 11.3 Å². The molecular weight excluding hydrogens is 200 g/mol. The summed E-state index contributed by atoms with van der Waals surface area (Å²) in [5.41, 5.74) is 2.29. The van der Waals surface area contributed by atoms with Crippen LogP contribution < -0.4 is 0 Å². The Labute approximate surface area is 97.1 Å². The second kappa shape index (κ2) is 3.83. The monoisotopic (exact) mass is 220 g/mol. The van der Waals surface area contributed by atoms with Gasteiger partial charge in [-0.15, -0.1) is 0 Å². The summed E-state index contributed by atoms with van der Waals surface area (Å²) in [7, 11) is 0. The van der Waals surface area contributed by atoms with Crippen molar-refractivity contribution in [1.29, 1.82) is 0 Å². The zero-order valence-corrected chi connectivity index (χ0v) is 10.4. The number of hydrogen-bond acceptors (Lipinski definition) is 2. The number of Topliss-reactive ketones (excluding diaryl/α,β-unsaturated/α-hetero) is 2. The minimum absolute atomic E-state index is 0.0573. The van der Waals surface area contributed by atoms with E-state index in [0.717, 1.165) is 24.8 Å². The van der Waals surface area contributed by atoms with E-state index in [1.54, 1.807) is 0 Å². The lowest BCUT2D eigenvalue weighted by molar-refractivity contribution is -0.120. The quantitative estimate of drug-likeness (QED) is 0.716. The third-order valence-electron chi connectivity index (χ3n) is 4.17. The molecule has 1 atom stereocenters. The van der Waals surface area contributed by atoms with Gasteiger partial charge in [-0.2, -0.15) is 0 Å². The molecule has 0 heterocycles. The van der Waals surface area contributed by atoms with Crippen LogP contribution in [0.1, 0.15) is 52.9 Å². The van der Waals surface area contributed by atoms with Gasteiger partial charge in [0.1, 0.15) is 5.78 Å². The lowest BCUT2D eigenvalue weighted by atomic mass is 9.72. The van der Waals surface area contributed by atoms with Crippen LogP contribution in [0.3, 0.4) is 0 Å². The Balaban J connectivity index is 2.36. The lowest BCUT2D eigenvalue weighted by Crippen LogP contribution is -2.25. The number of allylic oxidation sites excluding steroid dienone is 2. The van der Waals surface area contributed by atoms with Crippen molar-refractivity contribution in [2.45, 2.75) is 52.9 Å². The Bertz CT molecular complexity index is 376. The Morgan fingerprint density at radius 2 is 1.88 bits per heavy atom. The SMILES string of the molecule is CC(C)C(=O)C1=C2CC(=O)CCC2(C)CC1. The van der Waals surface area contributed by atoms with Crippen molar-refractivity contribution in [3.8, 4) is 0 Å². The Morgan fingerprint density at radius 3 is 2.50 bits per heavy atom. The first-order valence-electron chi connectivity index (χ1n) is 6.22. The summed E-state index contributed by atoms with van der Waals surface area (Å²) in [4.78, 5) is 23.6. The molecule has 88 valence electrons. The Morgan fingerprint density at radius 1 is 1.25 bits per heavy atom. The molecule has 0 bridgehead atoms. The predicted octanol–water partition coefficient (Wildman–Crippen LogP) is 3.06. The third kappa shape index (κ3) is 1.74. The first kappa shape index (κ1) is 11.6. The van der Waals surface area contributed by atoms with Crippen molar-refractivity contribution in [1.82, 2.24) is 0 Å². The van der Waals surface area contributed by atoms with Gasteiger partial charge in [0.05, 0.1) is 0 Å². The summed E-state index contributed by atoms with van der Waals surface area (Å²) in [6.07, 6.45) is 4.11. The van der Waals surface area contributed by atoms with E-state index in [9.17, 15) is 9.59 Å². The van der Waals surface area contributed by atoms with Crippen molar-refractivity contribution in [2.75, 3.05) is 0 Å². The Kier molecular flexibility index (Phi) is 2.77. The van der Waals surface area contributed by atoms with Crippen molar-refractivity contribution < 1.29 is 9.59 Å². The molecule has 2 aliphatic rings. The van der Waals surface area contributed by atoms with Crippen LogP contribution in [0.15, 0.2) is 11.1 Å². The van der Waals surface area contributed by atoms with Gasteiger partial charge >= 0.3 is 0 Å². The number of ketones is 2. The molecule has 0 N–H and O–H groups in total. The molecule has 1 saturated carbocycles. The van der Waals surface area contributed by atoms with E-state index in [1.165, 1.54) is 5.57 Å². The van der Waals surface area contributed by atoms with E-state index in [0.29, 0.717) is 18.6 Å². The fourth-order valence-corrected chi connectivity index (χ4v) is 2.98. The van der Waals surface area contributed by atoms with Crippen molar-refractivity contribution in [2.24, 2.45) is 11.3 Å². The summed E-state index contributed by atoms with van der Waals surface area (Å²) in [6.45, 7) is 6.10. The number of rotatable bonds is 2. The molecule has 1 unspecified atom stereocenters. The summed E-state index contributed by atoms with van der Waals surface area (Å²) in [5, 5.41) is 0. The molecule has 0 saturated heterocycles. The molecule has 16 heavy (non-hydrogen) atoms. The second-order valence-corrected chi connectivity index (χ2v) is 5.75. The van der Waals surface area contributed by atoms with E-state index in [1.807, 2.05) is 13.8 Å². The predicted molar refractivity (Wildman–Crippen MR) is 63.1 cm³/mol. The normalized spacial score (nSPS) is 29.9. The molecule has 2 aliphatic carbocycles. The van der Waals surface area contributed by atoms with Gasteiger partial charge in [0.25, 0.3) is 0 Å². The van der Waals surface area contributed by atoms with Crippen LogP contribution >= 0.6 is 0 Å². The molecule has 0 aromatic heterocycles. The number of carbonyl (C=O) groups is 2. The summed E-state index contributed by atoms with van der Waals surface area (Å²) < 4.78 is 0. The summed E-state index contributed by atoms with van der Waals surface area (Å²) in [6, 6.07) is 0. The van der Waals surface area contributed by atoms with Crippen molar-refractivity contribution in [3.63, 3.8) is 0 Å². The number of hydrogen-bond donors (Lipinski definition) is 0. The average Bonchev–Trinajstić information content (AvgIpc) is 2.55. The largest absolute Gasteiger partial charge is 0.299 e. The van der Waals surface area contributed by atoms with Gasteiger partial charge in [0.2, 0.25) is 0 Å². The highest BCUT2D eigenvalue weighted by atomic mass is 16.1. The maximum Gasteiger partial charge on any atom is 0.161 e. The van der Waals surface area contributed by atoms with Gasteiger partial charge < -0.3 is 0 Å². The first-order valence-corrected chi connectivity index (χ1v) is 6.22. The third-order valence-corrected chi connectivity index (χ3v) is 4.17. The smallest absolute Gasteiger partial charge is 0.161 e. The van der Waals surface area contributed by atoms with Crippen LogP contribution in [0.2, 0.25) is 0 Å². The highest BCUT2D eigenvalue weighted by Gasteiger charge is 2.42. The van der Waals surface area contributed by atoms with Gasteiger partial charge in [-0.25, -0.2) is 0 Å². The molecule has 2 rings (SSSR count). The van der Waals surface area contributed by atoms with Crippen molar-refractivity contribution in [3.05, 3.63) is 11.1 Å². The van der Waals surface area contributed by atoms with Crippen molar-refractivity contribution >= 4 is 11.6 Å². The molecular formula is C14H20O2. The standard InChI is InChI=1S/C14H20O2/c1-9(2)13(16)11-5-7-14(3)6-4-10(15)8-12(11)14/h9H,4-8H2,1-3H3. The van der Waals surface area contributed by atoms with E-state index >= 15 is 0 Å². The van der Waals surface area contributed by atoms with Gasteiger partial charge in [-0.1, -0.05) is 26.3 Å². The summed E-state index contributed by atoms with van der Waals surface area (Å²) >= 11 is 0. The zero-order chi connectivity index (χ0) is 11.9. The molecule has 0 aromatic carbocycles. The molecule has 1 fully saturated rings. The van der Waals surface area contributed by atoms with E-state index in [2.05, 4.69) is 6.92 Å². The highest BCUT2D eigenvalue weighted by molar-refractivity contribution is 5.99. The van der Waals surface area contributed by atoms with Gasteiger partial charge in [0, 0.05) is 18.8 Å². The van der Waals surface area contributed by atoms with Gasteiger partial charge in [-0.3, -0.25) is 9.59 Å². The first-order chi connectivity index (χ1) is 7.44. The topological polar surface area (TPSA) is 34.1 Å². The molecule has 0 amide bonds. The molecule has 2 nitrogen and oxygen atoms in total. The number of fused-ring (bicyclic) bond motifs is 1. The molecule has 2 heteroatoms. The second-order valence-electron chi connectivity index (χ2n) is 5.75. The molecule has 0 spiro atoms. The minimum atomic E-state index is 0.0573.